The first-order valence-electron chi connectivity index (χ1n) is 6.42. The van der Waals surface area contributed by atoms with Crippen molar-refractivity contribution in [3.8, 4) is 0 Å². The minimum absolute atomic E-state index is 0.170. The van der Waals surface area contributed by atoms with Gasteiger partial charge in [0.1, 0.15) is 0 Å². The standard InChI is InChI=1S/C13H27NOS/c1-2-3-4-5-6-7-8-9-13(15)12-16-11-10-14/h6-7,13,15H,2-5,8-12,14H2,1H3/b7-6-/t13-/m1/s1. The van der Waals surface area contributed by atoms with Gasteiger partial charge in [-0.3, -0.25) is 0 Å². The number of aliphatic hydroxyl groups excluding tert-OH is 1. The van der Waals surface area contributed by atoms with Crippen LogP contribution in [0.3, 0.4) is 0 Å². The molecule has 0 heterocycles. The summed E-state index contributed by atoms with van der Waals surface area (Å²) in [6.45, 7) is 2.92. The number of thioether (sulfide) groups is 1. The summed E-state index contributed by atoms with van der Waals surface area (Å²) in [6.07, 6.45) is 11.2. The quantitative estimate of drug-likeness (QED) is 0.434. The van der Waals surface area contributed by atoms with Crippen molar-refractivity contribution in [2.45, 2.75) is 51.6 Å². The van der Waals surface area contributed by atoms with Crippen LogP contribution in [0.5, 0.6) is 0 Å². The van der Waals surface area contributed by atoms with Crippen LogP contribution in [0.1, 0.15) is 45.4 Å². The lowest BCUT2D eigenvalue weighted by molar-refractivity contribution is 0.190. The maximum atomic E-state index is 9.62. The maximum absolute atomic E-state index is 9.62. The summed E-state index contributed by atoms with van der Waals surface area (Å²) in [4.78, 5) is 0. The highest BCUT2D eigenvalue weighted by Crippen LogP contribution is 2.07. The lowest BCUT2D eigenvalue weighted by Gasteiger charge is -2.07. The van der Waals surface area contributed by atoms with Crippen molar-refractivity contribution < 1.29 is 5.11 Å². The first-order valence-corrected chi connectivity index (χ1v) is 7.57. The summed E-state index contributed by atoms with van der Waals surface area (Å²) in [5, 5.41) is 9.62. The average molecular weight is 245 g/mol. The number of nitrogens with two attached hydrogens (primary N) is 1. The topological polar surface area (TPSA) is 46.2 Å². The number of rotatable bonds is 11. The van der Waals surface area contributed by atoms with E-state index >= 15 is 0 Å². The molecule has 96 valence electrons. The van der Waals surface area contributed by atoms with Crippen molar-refractivity contribution in [2.75, 3.05) is 18.1 Å². The fraction of sp³-hybridized carbons (Fsp3) is 0.846. The Kier molecular flexibility index (Phi) is 13.1. The van der Waals surface area contributed by atoms with Gasteiger partial charge in [-0.25, -0.2) is 0 Å². The van der Waals surface area contributed by atoms with Crippen molar-refractivity contribution in [1.82, 2.24) is 0 Å². The van der Waals surface area contributed by atoms with E-state index in [1.54, 1.807) is 11.8 Å². The van der Waals surface area contributed by atoms with Crippen LogP contribution in [0.25, 0.3) is 0 Å². The fourth-order valence-corrected chi connectivity index (χ4v) is 2.19. The number of aliphatic hydroxyl groups is 1. The first kappa shape index (κ1) is 16.0. The minimum atomic E-state index is -0.170. The molecule has 0 rings (SSSR count). The molecule has 16 heavy (non-hydrogen) atoms. The van der Waals surface area contributed by atoms with Gasteiger partial charge < -0.3 is 10.8 Å². The van der Waals surface area contributed by atoms with Crippen molar-refractivity contribution in [3.63, 3.8) is 0 Å². The molecular formula is C13H27NOS. The summed E-state index contributed by atoms with van der Waals surface area (Å²) in [5.74, 6) is 1.77. The zero-order valence-corrected chi connectivity index (χ0v) is 11.3. The van der Waals surface area contributed by atoms with Crippen LogP contribution in [-0.2, 0) is 0 Å². The van der Waals surface area contributed by atoms with E-state index in [9.17, 15) is 5.11 Å². The zero-order valence-electron chi connectivity index (χ0n) is 10.5. The highest BCUT2D eigenvalue weighted by atomic mass is 32.2. The van der Waals surface area contributed by atoms with Gasteiger partial charge in [0, 0.05) is 18.1 Å². The van der Waals surface area contributed by atoms with Gasteiger partial charge in [0.2, 0.25) is 0 Å². The summed E-state index contributed by atoms with van der Waals surface area (Å²) >= 11 is 1.74. The van der Waals surface area contributed by atoms with Crippen LogP contribution in [-0.4, -0.2) is 29.3 Å². The van der Waals surface area contributed by atoms with E-state index in [1.807, 2.05) is 0 Å². The Labute approximate surface area is 105 Å². The van der Waals surface area contributed by atoms with Crippen LogP contribution < -0.4 is 5.73 Å². The Morgan fingerprint density at radius 2 is 2.00 bits per heavy atom. The first-order chi connectivity index (χ1) is 7.81. The van der Waals surface area contributed by atoms with Gasteiger partial charge in [0.05, 0.1) is 6.10 Å². The van der Waals surface area contributed by atoms with E-state index in [0.717, 1.165) is 24.3 Å². The number of unbranched alkanes of at least 4 members (excludes halogenated alkanes) is 3. The number of allylic oxidation sites excluding steroid dienone is 2. The van der Waals surface area contributed by atoms with Crippen molar-refractivity contribution in [1.29, 1.82) is 0 Å². The third-order valence-corrected chi connectivity index (χ3v) is 3.52. The molecule has 0 amide bonds. The molecule has 2 nitrogen and oxygen atoms in total. The highest BCUT2D eigenvalue weighted by molar-refractivity contribution is 7.99. The van der Waals surface area contributed by atoms with E-state index < -0.39 is 0 Å². The summed E-state index contributed by atoms with van der Waals surface area (Å²) in [6, 6.07) is 0. The third kappa shape index (κ3) is 12.1. The van der Waals surface area contributed by atoms with Crippen molar-refractivity contribution in [2.24, 2.45) is 5.73 Å². The monoisotopic (exact) mass is 245 g/mol. The predicted molar refractivity (Wildman–Crippen MR) is 74.9 cm³/mol. The highest BCUT2D eigenvalue weighted by Gasteiger charge is 2.01. The minimum Gasteiger partial charge on any atom is -0.392 e. The van der Waals surface area contributed by atoms with Crippen LogP contribution in [0.2, 0.25) is 0 Å². The van der Waals surface area contributed by atoms with E-state index in [-0.39, 0.29) is 6.10 Å². The number of hydrogen-bond acceptors (Lipinski definition) is 3. The third-order valence-electron chi connectivity index (χ3n) is 2.38. The smallest absolute Gasteiger partial charge is 0.0633 e. The van der Waals surface area contributed by atoms with Crippen LogP contribution in [0.4, 0.5) is 0 Å². The van der Waals surface area contributed by atoms with Gasteiger partial charge in [-0.1, -0.05) is 31.9 Å². The predicted octanol–water partition coefficient (Wildman–Crippen LogP) is 2.96. The Morgan fingerprint density at radius 3 is 2.69 bits per heavy atom. The summed E-state index contributed by atoms with van der Waals surface area (Å²) < 4.78 is 0. The van der Waals surface area contributed by atoms with Crippen LogP contribution in [0.15, 0.2) is 12.2 Å². The Balaban J connectivity index is 3.22. The Hall–Kier alpha value is 0.01000. The van der Waals surface area contributed by atoms with E-state index in [0.29, 0.717) is 6.54 Å². The molecule has 0 spiro atoms. The van der Waals surface area contributed by atoms with Crippen LogP contribution >= 0.6 is 11.8 Å². The largest absolute Gasteiger partial charge is 0.392 e. The molecule has 0 aliphatic rings. The molecule has 0 aliphatic heterocycles. The Morgan fingerprint density at radius 1 is 1.25 bits per heavy atom. The van der Waals surface area contributed by atoms with Gasteiger partial charge in [0.25, 0.3) is 0 Å². The lowest BCUT2D eigenvalue weighted by atomic mass is 10.1. The van der Waals surface area contributed by atoms with E-state index in [1.165, 1.54) is 25.7 Å². The van der Waals surface area contributed by atoms with Gasteiger partial charge >= 0.3 is 0 Å². The Bertz CT molecular complexity index is 162. The molecule has 0 aromatic heterocycles. The molecule has 0 fully saturated rings. The normalized spacial score (nSPS) is 13.4. The second-order valence-electron chi connectivity index (χ2n) is 4.06. The molecule has 0 bridgehead atoms. The van der Waals surface area contributed by atoms with E-state index in [2.05, 4.69) is 19.1 Å². The van der Waals surface area contributed by atoms with Gasteiger partial charge in [-0.15, -0.1) is 0 Å². The average Bonchev–Trinajstić information content (AvgIpc) is 2.28. The lowest BCUT2D eigenvalue weighted by Crippen LogP contribution is -2.11. The van der Waals surface area contributed by atoms with Crippen molar-refractivity contribution >= 4 is 11.8 Å². The zero-order chi connectivity index (χ0) is 12.1. The molecule has 0 radical (unpaired) electrons. The second-order valence-corrected chi connectivity index (χ2v) is 5.21. The van der Waals surface area contributed by atoms with Gasteiger partial charge in [-0.05, 0) is 25.7 Å². The molecule has 0 aromatic rings. The molecular weight excluding hydrogens is 218 g/mol. The molecule has 0 saturated heterocycles. The molecule has 0 unspecified atom stereocenters. The molecule has 3 heteroatoms. The van der Waals surface area contributed by atoms with Crippen LogP contribution in [0, 0.1) is 0 Å². The molecule has 1 atom stereocenters. The molecule has 3 N–H and O–H groups in total. The SMILES string of the molecule is CCCCC/C=C\CC[C@@H](O)CSCCN. The summed E-state index contributed by atoms with van der Waals surface area (Å²) in [7, 11) is 0. The van der Waals surface area contributed by atoms with E-state index in [4.69, 9.17) is 5.73 Å². The second kappa shape index (κ2) is 13.1. The fourth-order valence-electron chi connectivity index (χ4n) is 1.42. The van der Waals surface area contributed by atoms with Gasteiger partial charge in [0.15, 0.2) is 0 Å². The maximum Gasteiger partial charge on any atom is 0.0633 e. The molecule has 0 aliphatic carbocycles. The molecule has 0 saturated carbocycles. The van der Waals surface area contributed by atoms with Gasteiger partial charge in [-0.2, -0.15) is 11.8 Å². The van der Waals surface area contributed by atoms with Crippen molar-refractivity contribution in [3.05, 3.63) is 12.2 Å². The number of hydrogen-bond donors (Lipinski definition) is 2. The summed E-state index contributed by atoms with van der Waals surface area (Å²) in [5.41, 5.74) is 5.38. The molecule has 0 aromatic carbocycles.